The topological polar surface area (TPSA) is 17.0 Å². The van der Waals surface area contributed by atoms with Crippen LogP contribution < -0.4 is 5.32 Å². The zero-order valence-corrected chi connectivity index (χ0v) is 12.2. The van der Waals surface area contributed by atoms with Crippen molar-refractivity contribution in [3.63, 3.8) is 0 Å². The number of aromatic nitrogens is 1. The average molecular weight is 256 g/mol. The Hall–Kier alpha value is -1.54. The SMILES string of the molecule is Cc1ccccc1Cn1cccc1CNCC(C)C. The fourth-order valence-corrected chi connectivity index (χ4v) is 2.22. The average Bonchev–Trinajstić information content (AvgIpc) is 2.79. The first kappa shape index (κ1) is 13.9. The summed E-state index contributed by atoms with van der Waals surface area (Å²) in [5.41, 5.74) is 4.10. The van der Waals surface area contributed by atoms with Gasteiger partial charge in [0.2, 0.25) is 0 Å². The lowest BCUT2D eigenvalue weighted by Gasteiger charge is -2.13. The largest absolute Gasteiger partial charge is 0.346 e. The van der Waals surface area contributed by atoms with Crippen molar-refractivity contribution in [1.29, 1.82) is 0 Å². The molecular formula is C17H24N2. The van der Waals surface area contributed by atoms with E-state index in [1.165, 1.54) is 16.8 Å². The van der Waals surface area contributed by atoms with Crippen molar-refractivity contribution >= 4 is 0 Å². The van der Waals surface area contributed by atoms with Crippen LogP contribution >= 0.6 is 0 Å². The van der Waals surface area contributed by atoms with E-state index in [0.29, 0.717) is 5.92 Å². The smallest absolute Gasteiger partial charge is 0.0476 e. The number of aryl methyl sites for hydroxylation is 1. The maximum absolute atomic E-state index is 3.51. The van der Waals surface area contributed by atoms with E-state index in [2.05, 4.69) is 73.3 Å². The second-order valence-corrected chi connectivity index (χ2v) is 5.58. The molecule has 2 nitrogen and oxygen atoms in total. The van der Waals surface area contributed by atoms with Crippen LogP contribution in [0.5, 0.6) is 0 Å². The van der Waals surface area contributed by atoms with Gasteiger partial charge >= 0.3 is 0 Å². The Balaban J connectivity index is 2.01. The van der Waals surface area contributed by atoms with Crippen molar-refractivity contribution in [3.8, 4) is 0 Å². The van der Waals surface area contributed by atoms with Crippen LogP contribution in [0.4, 0.5) is 0 Å². The van der Waals surface area contributed by atoms with Gasteiger partial charge < -0.3 is 9.88 Å². The van der Waals surface area contributed by atoms with Gasteiger partial charge in [-0.3, -0.25) is 0 Å². The van der Waals surface area contributed by atoms with Gasteiger partial charge in [0.05, 0.1) is 0 Å². The lowest BCUT2D eigenvalue weighted by atomic mass is 10.1. The molecule has 0 saturated carbocycles. The zero-order valence-electron chi connectivity index (χ0n) is 12.2. The molecule has 0 bridgehead atoms. The van der Waals surface area contributed by atoms with E-state index in [0.717, 1.165) is 19.6 Å². The van der Waals surface area contributed by atoms with Gasteiger partial charge in [0.25, 0.3) is 0 Å². The second kappa shape index (κ2) is 6.58. The van der Waals surface area contributed by atoms with E-state index < -0.39 is 0 Å². The Morgan fingerprint density at radius 1 is 1.11 bits per heavy atom. The summed E-state index contributed by atoms with van der Waals surface area (Å²) in [4.78, 5) is 0. The zero-order chi connectivity index (χ0) is 13.7. The third kappa shape index (κ3) is 3.97. The molecule has 0 unspecified atom stereocenters. The molecule has 1 N–H and O–H groups in total. The lowest BCUT2D eigenvalue weighted by Crippen LogP contribution is -2.21. The normalized spacial score (nSPS) is 11.2. The third-order valence-electron chi connectivity index (χ3n) is 3.38. The number of benzene rings is 1. The first-order valence-electron chi connectivity index (χ1n) is 7.06. The minimum absolute atomic E-state index is 0.694. The quantitative estimate of drug-likeness (QED) is 0.835. The van der Waals surface area contributed by atoms with E-state index >= 15 is 0 Å². The molecule has 1 heterocycles. The molecule has 0 fully saturated rings. The molecule has 102 valence electrons. The highest BCUT2D eigenvalue weighted by molar-refractivity contribution is 5.26. The van der Waals surface area contributed by atoms with Crippen LogP contribution in [0.3, 0.4) is 0 Å². The van der Waals surface area contributed by atoms with E-state index in [1.807, 2.05) is 0 Å². The predicted molar refractivity (Wildman–Crippen MR) is 81.3 cm³/mol. The highest BCUT2D eigenvalue weighted by Gasteiger charge is 2.03. The summed E-state index contributed by atoms with van der Waals surface area (Å²) < 4.78 is 2.33. The highest BCUT2D eigenvalue weighted by Crippen LogP contribution is 2.12. The molecule has 2 aromatic rings. The summed E-state index contributed by atoms with van der Waals surface area (Å²) in [6, 6.07) is 12.9. The molecule has 0 saturated heterocycles. The molecule has 0 atom stereocenters. The maximum Gasteiger partial charge on any atom is 0.0476 e. The molecular weight excluding hydrogens is 232 g/mol. The monoisotopic (exact) mass is 256 g/mol. The van der Waals surface area contributed by atoms with Crippen LogP contribution in [0, 0.1) is 12.8 Å². The fraction of sp³-hybridized carbons (Fsp3) is 0.412. The van der Waals surface area contributed by atoms with Gasteiger partial charge in [-0.1, -0.05) is 38.1 Å². The summed E-state index contributed by atoms with van der Waals surface area (Å²) in [6.07, 6.45) is 2.17. The third-order valence-corrected chi connectivity index (χ3v) is 3.38. The van der Waals surface area contributed by atoms with Gasteiger partial charge in [-0.15, -0.1) is 0 Å². The van der Waals surface area contributed by atoms with Crippen LogP contribution in [-0.4, -0.2) is 11.1 Å². The van der Waals surface area contributed by atoms with Gasteiger partial charge in [-0.25, -0.2) is 0 Å². The summed E-state index contributed by atoms with van der Waals surface area (Å²) in [7, 11) is 0. The molecule has 1 aromatic heterocycles. The van der Waals surface area contributed by atoms with Gasteiger partial charge in [0, 0.05) is 25.0 Å². The number of hydrogen-bond donors (Lipinski definition) is 1. The summed E-state index contributed by atoms with van der Waals surface area (Å²) in [5.74, 6) is 0.694. The molecule has 0 aliphatic rings. The van der Waals surface area contributed by atoms with Crippen molar-refractivity contribution in [2.75, 3.05) is 6.54 Å². The van der Waals surface area contributed by atoms with Gasteiger partial charge in [0.15, 0.2) is 0 Å². The van der Waals surface area contributed by atoms with Crippen molar-refractivity contribution in [2.24, 2.45) is 5.92 Å². The van der Waals surface area contributed by atoms with Crippen molar-refractivity contribution < 1.29 is 0 Å². The Morgan fingerprint density at radius 2 is 1.89 bits per heavy atom. The van der Waals surface area contributed by atoms with E-state index in [4.69, 9.17) is 0 Å². The first-order valence-corrected chi connectivity index (χ1v) is 7.06. The second-order valence-electron chi connectivity index (χ2n) is 5.58. The summed E-state index contributed by atoms with van der Waals surface area (Å²) in [6.45, 7) is 9.61. The van der Waals surface area contributed by atoms with Crippen LogP contribution in [-0.2, 0) is 13.1 Å². The molecule has 0 spiro atoms. The van der Waals surface area contributed by atoms with E-state index in [1.54, 1.807) is 0 Å². The van der Waals surface area contributed by atoms with Gasteiger partial charge in [-0.2, -0.15) is 0 Å². The molecule has 0 amide bonds. The summed E-state index contributed by atoms with van der Waals surface area (Å²) >= 11 is 0. The van der Waals surface area contributed by atoms with Crippen molar-refractivity contribution in [3.05, 3.63) is 59.4 Å². The fourth-order valence-electron chi connectivity index (χ4n) is 2.22. The molecule has 0 radical (unpaired) electrons. The van der Waals surface area contributed by atoms with E-state index in [-0.39, 0.29) is 0 Å². The Morgan fingerprint density at radius 3 is 2.63 bits per heavy atom. The lowest BCUT2D eigenvalue weighted by molar-refractivity contribution is 0.539. The van der Waals surface area contributed by atoms with Crippen LogP contribution in [0.15, 0.2) is 42.6 Å². The standard InChI is InChI=1S/C17H24N2/c1-14(2)11-18-12-17-9-6-10-19(17)13-16-8-5-4-7-15(16)3/h4-10,14,18H,11-13H2,1-3H3. The Labute approximate surface area is 116 Å². The molecule has 1 aromatic carbocycles. The Bertz CT molecular complexity index is 511. The minimum atomic E-state index is 0.694. The van der Waals surface area contributed by atoms with Crippen LogP contribution in [0.25, 0.3) is 0 Å². The molecule has 2 rings (SSSR count). The van der Waals surface area contributed by atoms with Crippen LogP contribution in [0.2, 0.25) is 0 Å². The number of nitrogens with one attached hydrogen (secondary N) is 1. The van der Waals surface area contributed by atoms with Gasteiger partial charge in [0.1, 0.15) is 0 Å². The van der Waals surface area contributed by atoms with Crippen molar-refractivity contribution in [2.45, 2.75) is 33.9 Å². The summed E-state index contributed by atoms with van der Waals surface area (Å²) in [5, 5.41) is 3.51. The maximum atomic E-state index is 3.51. The predicted octanol–water partition coefficient (Wildman–Crippen LogP) is 3.59. The number of rotatable bonds is 6. The van der Waals surface area contributed by atoms with Crippen molar-refractivity contribution in [1.82, 2.24) is 9.88 Å². The molecule has 0 aliphatic carbocycles. The number of hydrogen-bond acceptors (Lipinski definition) is 1. The number of nitrogens with zero attached hydrogens (tertiary/aromatic N) is 1. The van der Waals surface area contributed by atoms with Gasteiger partial charge in [-0.05, 0) is 42.6 Å². The Kier molecular flexibility index (Phi) is 4.80. The van der Waals surface area contributed by atoms with E-state index in [9.17, 15) is 0 Å². The minimum Gasteiger partial charge on any atom is -0.346 e. The molecule has 19 heavy (non-hydrogen) atoms. The molecule has 2 heteroatoms. The highest BCUT2D eigenvalue weighted by atomic mass is 15.0. The van der Waals surface area contributed by atoms with Crippen LogP contribution in [0.1, 0.15) is 30.7 Å². The first-order chi connectivity index (χ1) is 9.16. The molecule has 0 aliphatic heterocycles.